The standard InChI is InChI=1S/C26H24F2N2O4/c1-16(2)24(30-25(32)23-19(27)12-8-13-20(23)28)26(33)34-15-22(31)29-21-14-7-6-11-18(21)17-9-4-3-5-10-17/h3-14,16,24H,15H2,1-2H3,(H,29,31)(H,30,32)/t24-/m1/s1. The van der Waals surface area contributed by atoms with Crippen LogP contribution < -0.4 is 10.6 Å². The van der Waals surface area contributed by atoms with Crippen molar-refractivity contribution in [3.8, 4) is 11.1 Å². The Kier molecular flexibility index (Phi) is 8.08. The third-order valence-electron chi connectivity index (χ3n) is 5.03. The molecule has 176 valence electrons. The molecule has 0 heterocycles. The molecule has 2 amide bonds. The van der Waals surface area contributed by atoms with E-state index in [4.69, 9.17) is 4.74 Å². The van der Waals surface area contributed by atoms with Crippen molar-refractivity contribution in [3.05, 3.63) is 90.0 Å². The van der Waals surface area contributed by atoms with E-state index in [1.807, 2.05) is 42.5 Å². The van der Waals surface area contributed by atoms with Gasteiger partial charge in [-0.25, -0.2) is 13.6 Å². The van der Waals surface area contributed by atoms with Gasteiger partial charge in [-0.15, -0.1) is 0 Å². The summed E-state index contributed by atoms with van der Waals surface area (Å²) in [5.74, 6) is -5.13. The fourth-order valence-corrected chi connectivity index (χ4v) is 3.30. The molecular weight excluding hydrogens is 442 g/mol. The summed E-state index contributed by atoms with van der Waals surface area (Å²) in [5, 5.41) is 5.00. The molecule has 0 spiro atoms. The van der Waals surface area contributed by atoms with E-state index >= 15 is 0 Å². The maximum Gasteiger partial charge on any atom is 0.329 e. The van der Waals surface area contributed by atoms with Gasteiger partial charge in [-0.1, -0.05) is 68.4 Å². The van der Waals surface area contributed by atoms with Crippen LogP contribution in [0.5, 0.6) is 0 Å². The first kappa shape index (κ1) is 24.6. The number of nitrogens with one attached hydrogen (secondary N) is 2. The molecule has 0 bridgehead atoms. The Bertz CT molecular complexity index is 1160. The van der Waals surface area contributed by atoms with Crippen molar-refractivity contribution in [2.45, 2.75) is 19.9 Å². The molecule has 0 aliphatic rings. The predicted octanol–water partition coefficient (Wildman–Crippen LogP) is 4.57. The fraction of sp³-hybridized carbons (Fsp3) is 0.192. The molecule has 0 unspecified atom stereocenters. The van der Waals surface area contributed by atoms with Crippen molar-refractivity contribution >= 4 is 23.5 Å². The van der Waals surface area contributed by atoms with Crippen LogP contribution in [0.1, 0.15) is 24.2 Å². The van der Waals surface area contributed by atoms with Crippen molar-refractivity contribution in [3.63, 3.8) is 0 Å². The van der Waals surface area contributed by atoms with Crippen molar-refractivity contribution in [1.82, 2.24) is 5.32 Å². The SMILES string of the molecule is CC(C)[C@@H](NC(=O)c1c(F)cccc1F)C(=O)OCC(=O)Nc1ccccc1-c1ccccc1. The lowest BCUT2D eigenvalue weighted by Gasteiger charge is -2.21. The molecule has 1 atom stereocenters. The number of esters is 1. The monoisotopic (exact) mass is 466 g/mol. The minimum Gasteiger partial charge on any atom is -0.454 e. The lowest BCUT2D eigenvalue weighted by Crippen LogP contribution is -2.46. The first-order valence-electron chi connectivity index (χ1n) is 10.6. The third kappa shape index (κ3) is 6.04. The number of ether oxygens (including phenoxy) is 1. The molecule has 3 aromatic carbocycles. The average Bonchev–Trinajstić information content (AvgIpc) is 2.81. The quantitative estimate of drug-likeness (QED) is 0.477. The minimum absolute atomic E-state index is 0.465. The van der Waals surface area contributed by atoms with E-state index in [-0.39, 0.29) is 0 Å². The third-order valence-corrected chi connectivity index (χ3v) is 5.03. The Labute approximate surface area is 195 Å². The molecule has 8 heteroatoms. The normalized spacial score (nSPS) is 11.6. The highest BCUT2D eigenvalue weighted by Crippen LogP contribution is 2.27. The summed E-state index contributed by atoms with van der Waals surface area (Å²) in [6.45, 7) is 2.65. The van der Waals surface area contributed by atoms with E-state index in [0.29, 0.717) is 5.69 Å². The second-order valence-electron chi connectivity index (χ2n) is 7.86. The molecule has 6 nitrogen and oxygen atoms in total. The molecule has 0 radical (unpaired) electrons. The highest BCUT2D eigenvalue weighted by Gasteiger charge is 2.29. The van der Waals surface area contributed by atoms with Crippen LogP contribution in [0.2, 0.25) is 0 Å². The van der Waals surface area contributed by atoms with E-state index in [1.54, 1.807) is 26.0 Å². The van der Waals surface area contributed by atoms with Crippen molar-refractivity contribution in [2.75, 3.05) is 11.9 Å². The van der Waals surface area contributed by atoms with Crippen LogP contribution in [0.25, 0.3) is 11.1 Å². The predicted molar refractivity (Wildman–Crippen MR) is 124 cm³/mol. The number of carbonyl (C=O) groups is 3. The number of benzene rings is 3. The van der Waals surface area contributed by atoms with Gasteiger partial charge >= 0.3 is 5.97 Å². The fourth-order valence-electron chi connectivity index (χ4n) is 3.30. The number of anilines is 1. The summed E-state index contributed by atoms with van der Waals surface area (Å²) < 4.78 is 32.9. The first-order valence-corrected chi connectivity index (χ1v) is 10.6. The van der Waals surface area contributed by atoms with Gasteiger partial charge in [0.05, 0.1) is 0 Å². The van der Waals surface area contributed by atoms with E-state index in [0.717, 1.165) is 29.3 Å². The number of halogens is 2. The zero-order chi connectivity index (χ0) is 24.7. The van der Waals surface area contributed by atoms with E-state index in [2.05, 4.69) is 10.6 Å². The smallest absolute Gasteiger partial charge is 0.329 e. The summed E-state index contributed by atoms with van der Waals surface area (Å²) in [6, 6.07) is 18.4. The molecule has 0 aromatic heterocycles. The van der Waals surface area contributed by atoms with Gasteiger partial charge in [-0.05, 0) is 29.7 Å². The summed E-state index contributed by atoms with van der Waals surface area (Å²) in [7, 11) is 0. The molecule has 0 saturated carbocycles. The number of hydrogen-bond donors (Lipinski definition) is 2. The molecule has 3 aromatic rings. The zero-order valence-corrected chi connectivity index (χ0v) is 18.7. The van der Waals surface area contributed by atoms with E-state index in [9.17, 15) is 23.2 Å². The van der Waals surface area contributed by atoms with Crippen LogP contribution >= 0.6 is 0 Å². The lowest BCUT2D eigenvalue weighted by molar-refractivity contribution is -0.150. The highest BCUT2D eigenvalue weighted by atomic mass is 19.1. The largest absolute Gasteiger partial charge is 0.454 e. The van der Waals surface area contributed by atoms with Crippen LogP contribution in [-0.2, 0) is 14.3 Å². The summed E-state index contributed by atoms with van der Waals surface area (Å²) in [6.07, 6.45) is 0. The Balaban J connectivity index is 1.64. The average molecular weight is 466 g/mol. The number of carbonyl (C=O) groups excluding carboxylic acids is 3. The Hall–Kier alpha value is -4.07. The maximum atomic E-state index is 13.9. The van der Waals surface area contributed by atoms with Gasteiger partial charge in [0.2, 0.25) is 0 Å². The van der Waals surface area contributed by atoms with Crippen LogP contribution in [0.15, 0.2) is 72.8 Å². The molecular formula is C26H24F2N2O4. The molecule has 0 saturated heterocycles. The van der Waals surface area contributed by atoms with Crippen molar-refractivity contribution < 1.29 is 27.9 Å². The Morgan fingerprint density at radius 1 is 0.853 bits per heavy atom. The molecule has 3 rings (SSSR count). The Morgan fingerprint density at radius 3 is 2.12 bits per heavy atom. The molecule has 2 N–H and O–H groups in total. The van der Waals surface area contributed by atoms with Gasteiger partial charge in [-0.2, -0.15) is 0 Å². The van der Waals surface area contributed by atoms with E-state index in [1.165, 1.54) is 0 Å². The Morgan fingerprint density at radius 2 is 1.47 bits per heavy atom. The number of amides is 2. The van der Waals surface area contributed by atoms with Crippen LogP contribution in [0, 0.1) is 17.6 Å². The number of para-hydroxylation sites is 1. The van der Waals surface area contributed by atoms with E-state index < -0.39 is 53.5 Å². The van der Waals surface area contributed by atoms with Gasteiger partial charge in [0.25, 0.3) is 11.8 Å². The molecule has 34 heavy (non-hydrogen) atoms. The maximum absolute atomic E-state index is 13.9. The molecule has 0 fully saturated rings. The highest BCUT2D eigenvalue weighted by molar-refractivity contribution is 5.99. The number of rotatable bonds is 8. The summed E-state index contributed by atoms with van der Waals surface area (Å²) in [4.78, 5) is 37.4. The van der Waals surface area contributed by atoms with Gasteiger partial charge in [0, 0.05) is 11.3 Å². The molecule has 0 aliphatic heterocycles. The van der Waals surface area contributed by atoms with Crippen LogP contribution in [0.3, 0.4) is 0 Å². The van der Waals surface area contributed by atoms with Crippen molar-refractivity contribution in [2.24, 2.45) is 5.92 Å². The van der Waals surface area contributed by atoms with Crippen molar-refractivity contribution in [1.29, 1.82) is 0 Å². The van der Waals surface area contributed by atoms with Gasteiger partial charge in [0.15, 0.2) is 6.61 Å². The summed E-state index contributed by atoms with van der Waals surface area (Å²) >= 11 is 0. The summed E-state index contributed by atoms with van der Waals surface area (Å²) in [5.41, 5.74) is 1.44. The molecule has 0 aliphatic carbocycles. The minimum atomic E-state index is -1.21. The number of hydrogen-bond acceptors (Lipinski definition) is 4. The van der Waals surface area contributed by atoms with Gasteiger partial charge in [-0.3, -0.25) is 9.59 Å². The topological polar surface area (TPSA) is 84.5 Å². The van der Waals surface area contributed by atoms with Gasteiger partial charge < -0.3 is 15.4 Å². The lowest BCUT2D eigenvalue weighted by atomic mass is 10.0. The second-order valence-corrected chi connectivity index (χ2v) is 7.86. The second kappa shape index (κ2) is 11.2. The zero-order valence-electron chi connectivity index (χ0n) is 18.7. The van der Waals surface area contributed by atoms with Gasteiger partial charge in [0.1, 0.15) is 23.2 Å². The van der Waals surface area contributed by atoms with Crippen LogP contribution in [0.4, 0.5) is 14.5 Å². The van der Waals surface area contributed by atoms with Crippen LogP contribution in [-0.4, -0.2) is 30.4 Å². The first-order chi connectivity index (χ1) is 16.3.